The molecule has 0 atom stereocenters. The van der Waals surface area contributed by atoms with Crippen molar-refractivity contribution in [3.63, 3.8) is 0 Å². The standard InChI is InChI=1S/C9H12OS2/c1-2-10-8-11-12-9-6-4-3-5-7-9/h3-7H,2,8H2,1H3. The van der Waals surface area contributed by atoms with Crippen LogP contribution in [0.3, 0.4) is 0 Å². The largest absolute Gasteiger partial charge is 0.370 e. The Balaban J connectivity index is 2.16. The zero-order valence-corrected chi connectivity index (χ0v) is 8.66. The smallest absolute Gasteiger partial charge is 0.102 e. The number of hydrogen-bond donors (Lipinski definition) is 0. The van der Waals surface area contributed by atoms with Gasteiger partial charge in [-0.15, -0.1) is 0 Å². The second-order valence-corrected chi connectivity index (χ2v) is 4.44. The van der Waals surface area contributed by atoms with E-state index in [-0.39, 0.29) is 0 Å². The summed E-state index contributed by atoms with van der Waals surface area (Å²) < 4.78 is 5.20. The molecule has 1 nitrogen and oxygen atoms in total. The molecule has 12 heavy (non-hydrogen) atoms. The summed E-state index contributed by atoms with van der Waals surface area (Å²) in [6.45, 7) is 2.80. The predicted molar refractivity (Wildman–Crippen MR) is 56.4 cm³/mol. The summed E-state index contributed by atoms with van der Waals surface area (Å²) in [6.07, 6.45) is 0. The van der Waals surface area contributed by atoms with Crippen molar-refractivity contribution in [2.24, 2.45) is 0 Å². The lowest BCUT2D eigenvalue weighted by Crippen LogP contribution is -1.85. The molecule has 3 heteroatoms. The Labute approximate surface area is 81.3 Å². The maximum atomic E-state index is 5.20. The summed E-state index contributed by atoms with van der Waals surface area (Å²) in [7, 11) is 3.48. The minimum Gasteiger partial charge on any atom is -0.370 e. The van der Waals surface area contributed by atoms with Gasteiger partial charge in [-0.3, -0.25) is 0 Å². The van der Waals surface area contributed by atoms with E-state index in [0.717, 1.165) is 12.5 Å². The Morgan fingerprint density at radius 3 is 2.67 bits per heavy atom. The molecule has 0 saturated heterocycles. The van der Waals surface area contributed by atoms with Crippen molar-refractivity contribution in [1.29, 1.82) is 0 Å². The molecule has 1 rings (SSSR count). The highest BCUT2D eigenvalue weighted by Crippen LogP contribution is 2.30. The lowest BCUT2D eigenvalue weighted by Gasteiger charge is -1.99. The molecule has 0 amide bonds. The van der Waals surface area contributed by atoms with Crippen molar-refractivity contribution < 1.29 is 4.74 Å². The third-order valence-corrected chi connectivity index (χ3v) is 3.30. The third-order valence-electron chi connectivity index (χ3n) is 1.23. The van der Waals surface area contributed by atoms with Gasteiger partial charge in [-0.05, 0) is 19.1 Å². The number of rotatable bonds is 5. The van der Waals surface area contributed by atoms with E-state index >= 15 is 0 Å². The lowest BCUT2D eigenvalue weighted by atomic mass is 10.4. The molecule has 0 bridgehead atoms. The zero-order valence-electron chi connectivity index (χ0n) is 7.03. The fraction of sp³-hybridized carbons (Fsp3) is 0.333. The number of ether oxygens (including phenoxy) is 1. The molecule has 0 spiro atoms. The van der Waals surface area contributed by atoms with Crippen molar-refractivity contribution in [1.82, 2.24) is 0 Å². The Morgan fingerprint density at radius 2 is 2.00 bits per heavy atom. The molecule has 0 aliphatic rings. The first-order valence-electron chi connectivity index (χ1n) is 3.85. The van der Waals surface area contributed by atoms with Crippen LogP contribution in [-0.2, 0) is 4.74 Å². The van der Waals surface area contributed by atoms with Gasteiger partial charge in [0, 0.05) is 11.5 Å². The molecular formula is C9H12OS2. The molecule has 1 aromatic carbocycles. The van der Waals surface area contributed by atoms with Crippen molar-refractivity contribution in [2.75, 3.05) is 12.5 Å². The van der Waals surface area contributed by atoms with Gasteiger partial charge >= 0.3 is 0 Å². The van der Waals surface area contributed by atoms with Crippen molar-refractivity contribution >= 4 is 21.6 Å². The Morgan fingerprint density at radius 1 is 1.25 bits per heavy atom. The highest BCUT2D eigenvalue weighted by Gasteiger charge is 1.91. The fourth-order valence-electron chi connectivity index (χ4n) is 0.686. The highest BCUT2D eigenvalue weighted by atomic mass is 33.1. The molecule has 0 heterocycles. The first-order valence-corrected chi connectivity index (χ1v) is 6.17. The number of hydrogen-bond acceptors (Lipinski definition) is 3. The lowest BCUT2D eigenvalue weighted by molar-refractivity contribution is 0.200. The SMILES string of the molecule is CCOCSSc1ccccc1. The van der Waals surface area contributed by atoms with Crippen LogP contribution >= 0.6 is 21.6 Å². The molecule has 0 aliphatic heterocycles. The van der Waals surface area contributed by atoms with Crippen molar-refractivity contribution in [2.45, 2.75) is 11.8 Å². The molecule has 66 valence electrons. The zero-order chi connectivity index (χ0) is 8.65. The van der Waals surface area contributed by atoms with Crippen LogP contribution < -0.4 is 0 Å². The maximum absolute atomic E-state index is 5.20. The fourth-order valence-corrected chi connectivity index (χ4v) is 2.46. The second kappa shape index (κ2) is 6.40. The van der Waals surface area contributed by atoms with Crippen LogP contribution in [0.5, 0.6) is 0 Å². The van der Waals surface area contributed by atoms with Gasteiger partial charge in [0.15, 0.2) is 0 Å². The van der Waals surface area contributed by atoms with Gasteiger partial charge in [-0.2, -0.15) is 0 Å². The summed E-state index contributed by atoms with van der Waals surface area (Å²) in [6, 6.07) is 10.3. The van der Waals surface area contributed by atoms with E-state index in [4.69, 9.17) is 4.74 Å². The van der Waals surface area contributed by atoms with E-state index in [1.54, 1.807) is 21.6 Å². The summed E-state index contributed by atoms with van der Waals surface area (Å²) >= 11 is 0. The molecular weight excluding hydrogens is 188 g/mol. The van der Waals surface area contributed by atoms with Crippen molar-refractivity contribution in [3.05, 3.63) is 30.3 Å². The second-order valence-electron chi connectivity index (χ2n) is 2.12. The van der Waals surface area contributed by atoms with E-state index in [2.05, 4.69) is 12.1 Å². The summed E-state index contributed by atoms with van der Waals surface area (Å²) in [4.78, 5) is 1.28. The van der Waals surface area contributed by atoms with Crippen LogP contribution in [0.4, 0.5) is 0 Å². The van der Waals surface area contributed by atoms with Crippen LogP contribution in [0, 0.1) is 0 Å². The molecule has 0 fully saturated rings. The molecule has 0 saturated carbocycles. The topological polar surface area (TPSA) is 9.23 Å². The van der Waals surface area contributed by atoms with E-state index in [1.165, 1.54) is 4.90 Å². The van der Waals surface area contributed by atoms with Crippen LogP contribution in [0.2, 0.25) is 0 Å². The molecule has 1 aromatic rings. The summed E-state index contributed by atoms with van der Waals surface area (Å²) in [5.74, 6) is 0.760. The molecule has 0 unspecified atom stereocenters. The summed E-state index contributed by atoms with van der Waals surface area (Å²) in [5.41, 5.74) is 0. The van der Waals surface area contributed by atoms with E-state index in [1.807, 2.05) is 25.1 Å². The van der Waals surface area contributed by atoms with E-state index < -0.39 is 0 Å². The van der Waals surface area contributed by atoms with E-state index in [0.29, 0.717) is 0 Å². The molecule has 0 N–H and O–H groups in total. The molecule has 0 aliphatic carbocycles. The number of benzene rings is 1. The monoisotopic (exact) mass is 200 g/mol. The molecule has 0 radical (unpaired) electrons. The average Bonchev–Trinajstić information content (AvgIpc) is 2.14. The van der Waals surface area contributed by atoms with Crippen LogP contribution in [-0.4, -0.2) is 12.5 Å². The first-order chi connectivity index (χ1) is 5.93. The minimum atomic E-state index is 0.760. The Bertz CT molecular complexity index is 201. The van der Waals surface area contributed by atoms with Crippen LogP contribution in [0.1, 0.15) is 6.92 Å². The van der Waals surface area contributed by atoms with Crippen molar-refractivity contribution in [3.8, 4) is 0 Å². The summed E-state index contributed by atoms with van der Waals surface area (Å²) in [5, 5.41) is 0. The van der Waals surface area contributed by atoms with E-state index in [9.17, 15) is 0 Å². The van der Waals surface area contributed by atoms with Crippen LogP contribution in [0.15, 0.2) is 35.2 Å². The quantitative estimate of drug-likeness (QED) is 0.409. The Kier molecular flexibility index (Phi) is 5.32. The van der Waals surface area contributed by atoms with Gasteiger partial charge in [-0.25, -0.2) is 0 Å². The van der Waals surface area contributed by atoms with Gasteiger partial charge < -0.3 is 4.74 Å². The van der Waals surface area contributed by atoms with Crippen LogP contribution in [0.25, 0.3) is 0 Å². The van der Waals surface area contributed by atoms with Gasteiger partial charge in [0.2, 0.25) is 0 Å². The maximum Gasteiger partial charge on any atom is 0.102 e. The van der Waals surface area contributed by atoms with Gasteiger partial charge in [0.05, 0.1) is 0 Å². The van der Waals surface area contributed by atoms with Gasteiger partial charge in [-0.1, -0.05) is 39.8 Å². The highest BCUT2D eigenvalue weighted by molar-refractivity contribution is 8.76. The minimum absolute atomic E-state index is 0.760. The average molecular weight is 200 g/mol. The normalized spacial score (nSPS) is 10.1. The first kappa shape index (κ1) is 9.96. The van der Waals surface area contributed by atoms with Gasteiger partial charge in [0.1, 0.15) is 5.94 Å². The van der Waals surface area contributed by atoms with Gasteiger partial charge in [0.25, 0.3) is 0 Å². The Hall–Kier alpha value is -0.120. The predicted octanol–water partition coefficient (Wildman–Crippen LogP) is 3.42. The third kappa shape index (κ3) is 4.04. The molecule has 0 aromatic heterocycles.